The lowest BCUT2D eigenvalue weighted by Crippen LogP contribution is -2.29. The Morgan fingerprint density at radius 1 is 1.13 bits per heavy atom. The fraction of sp³-hybridized carbons (Fsp3) is 0.304. The van der Waals surface area contributed by atoms with Crippen LogP contribution in [0.5, 0.6) is 0 Å². The van der Waals surface area contributed by atoms with Crippen molar-refractivity contribution in [3.05, 3.63) is 82.1 Å². The van der Waals surface area contributed by atoms with Gasteiger partial charge in [-0.05, 0) is 43.3 Å². The van der Waals surface area contributed by atoms with Crippen molar-refractivity contribution in [3.63, 3.8) is 0 Å². The zero-order valence-corrected chi connectivity index (χ0v) is 18.1. The summed E-state index contributed by atoms with van der Waals surface area (Å²) >= 11 is 6.13. The molecule has 1 atom stereocenters. The van der Waals surface area contributed by atoms with E-state index in [1.165, 1.54) is 13.0 Å². The molecule has 1 heterocycles. The van der Waals surface area contributed by atoms with Gasteiger partial charge in [0.05, 0.1) is 29.5 Å². The Labute approximate surface area is 179 Å². The van der Waals surface area contributed by atoms with Gasteiger partial charge in [0.15, 0.2) is 0 Å². The predicted octanol–water partition coefficient (Wildman–Crippen LogP) is 5.52. The molecule has 0 bridgehead atoms. The summed E-state index contributed by atoms with van der Waals surface area (Å²) in [6, 6.07) is 12.7. The first-order valence-corrected chi connectivity index (χ1v) is 10.0. The topological polar surface area (TPSA) is 46.9 Å². The maximum Gasteiger partial charge on any atom is 0.227 e. The number of carbonyl (C=O) groups excluding carboxylic acids is 1. The van der Waals surface area contributed by atoms with Crippen molar-refractivity contribution < 1.29 is 13.6 Å². The van der Waals surface area contributed by atoms with Crippen LogP contribution in [0, 0.1) is 11.6 Å². The lowest BCUT2D eigenvalue weighted by atomic mass is 9.92. The van der Waals surface area contributed by atoms with Crippen LogP contribution in [0.4, 0.5) is 8.78 Å². The minimum atomic E-state index is -0.976. The molecule has 0 saturated heterocycles. The third-order valence-electron chi connectivity index (χ3n) is 4.87. The summed E-state index contributed by atoms with van der Waals surface area (Å²) < 4.78 is 29.8. The van der Waals surface area contributed by atoms with Crippen molar-refractivity contribution in [2.75, 3.05) is 0 Å². The Bertz CT molecular complexity index is 1050. The van der Waals surface area contributed by atoms with Crippen molar-refractivity contribution in [2.24, 2.45) is 0 Å². The van der Waals surface area contributed by atoms with E-state index in [9.17, 15) is 13.6 Å². The first-order chi connectivity index (χ1) is 14.1. The molecule has 1 N–H and O–H groups in total. The number of amides is 1. The highest BCUT2D eigenvalue weighted by atomic mass is 35.5. The van der Waals surface area contributed by atoms with E-state index in [-0.39, 0.29) is 17.5 Å². The maximum absolute atomic E-state index is 14.0. The van der Waals surface area contributed by atoms with Crippen LogP contribution in [0.1, 0.15) is 50.6 Å². The maximum atomic E-state index is 14.0. The molecule has 1 unspecified atom stereocenters. The van der Waals surface area contributed by atoms with Crippen LogP contribution in [0.3, 0.4) is 0 Å². The highest BCUT2D eigenvalue weighted by Gasteiger charge is 2.24. The minimum Gasteiger partial charge on any atom is -0.350 e. The zero-order valence-electron chi connectivity index (χ0n) is 17.3. The summed E-state index contributed by atoms with van der Waals surface area (Å²) in [4.78, 5) is 12.6. The van der Waals surface area contributed by atoms with Gasteiger partial charge < -0.3 is 5.32 Å². The van der Waals surface area contributed by atoms with Gasteiger partial charge in [0.2, 0.25) is 5.91 Å². The number of carbonyl (C=O) groups is 1. The summed E-state index contributed by atoms with van der Waals surface area (Å²) in [6.45, 7) is 7.76. The molecule has 0 radical (unpaired) electrons. The van der Waals surface area contributed by atoms with Gasteiger partial charge in [-0.15, -0.1) is 0 Å². The van der Waals surface area contributed by atoms with Crippen LogP contribution < -0.4 is 5.32 Å². The molecule has 1 amide bonds. The number of rotatable bonds is 5. The lowest BCUT2D eigenvalue weighted by molar-refractivity contribution is -0.122. The monoisotopic (exact) mass is 431 g/mol. The Morgan fingerprint density at radius 2 is 1.77 bits per heavy atom. The SMILES string of the molecule is CC(C(=O)NCc1cc(C(C)(C)C)nn1-c1cccc(Cl)c1)c1c(F)cccc1F. The van der Waals surface area contributed by atoms with E-state index in [4.69, 9.17) is 11.6 Å². The lowest BCUT2D eigenvalue weighted by Gasteiger charge is -2.15. The van der Waals surface area contributed by atoms with Gasteiger partial charge in [0, 0.05) is 16.0 Å². The predicted molar refractivity (Wildman–Crippen MR) is 114 cm³/mol. The number of halogens is 3. The molecule has 2 aromatic carbocycles. The van der Waals surface area contributed by atoms with E-state index in [1.54, 1.807) is 16.8 Å². The Balaban J connectivity index is 1.87. The van der Waals surface area contributed by atoms with Gasteiger partial charge in [-0.25, -0.2) is 13.5 Å². The molecule has 30 heavy (non-hydrogen) atoms. The largest absolute Gasteiger partial charge is 0.350 e. The second-order valence-corrected chi connectivity index (χ2v) is 8.67. The number of aromatic nitrogens is 2. The normalized spacial score (nSPS) is 12.6. The van der Waals surface area contributed by atoms with Gasteiger partial charge >= 0.3 is 0 Å². The van der Waals surface area contributed by atoms with Crippen LogP contribution in [0.2, 0.25) is 5.02 Å². The van der Waals surface area contributed by atoms with Crippen LogP contribution in [-0.2, 0) is 16.8 Å². The first-order valence-electron chi connectivity index (χ1n) is 9.65. The molecule has 3 aromatic rings. The van der Waals surface area contributed by atoms with E-state index < -0.39 is 23.5 Å². The fourth-order valence-corrected chi connectivity index (χ4v) is 3.31. The van der Waals surface area contributed by atoms with Crippen molar-refractivity contribution in [2.45, 2.75) is 45.6 Å². The minimum absolute atomic E-state index is 0.148. The van der Waals surface area contributed by atoms with Crippen LogP contribution in [0.15, 0.2) is 48.5 Å². The molecule has 158 valence electrons. The van der Waals surface area contributed by atoms with Gasteiger partial charge in [0.1, 0.15) is 11.6 Å². The standard InChI is InChI=1S/C23H24ClF2N3O/c1-14(21-18(25)9-6-10-19(21)26)22(30)27-13-17-12-20(23(2,3)4)28-29(17)16-8-5-7-15(24)11-16/h5-12,14H,13H2,1-4H3,(H,27,30). The van der Waals surface area contributed by atoms with Crippen molar-refractivity contribution in [1.29, 1.82) is 0 Å². The summed E-state index contributed by atoms with van der Waals surface area (Å²) in [5, 5.41) is 8.03. The Hall–Kier alpha value is -2.73. The van der Waals surface area contributed by atoms with Gasteiger partial charge in [0.25, 0.3) is 0 Å². The smallest absolute Gasteiger partial charge is 0.227 e. The van der Waals surface area contributed by atoms with Crippen molar-refractivity contribution in [3.8, 4) is 5.69 Å². The van der Waals surface area contributed by atoms with E-state index in [0.717, 1.165) is 29.2 Å². The van der Waals surface area contributed by atoms with Gasteiger partial charge in [-0.1, -0.05) is 44.5 Å². The summed E-state index contributed by atoms with van der Waals surface area (Å²) in [7, 11) is 0. The molecular formula is C23H24ClF2N3O. The van der Waals surface area contributed by atoms with Crippen molar-refractivity contribution in [1.82, 2.24) is 15.1 Å². The van der Waals surface area contributed by atoms with Gasteiger partial charge in [-0.2, -0.15) is 5.10 Å². The zero-order chi connectivity index (χ0) is 22.1. The number of nitrogens with zero attached hydrogens (tertiary/aromatic N) is 2. The number of nitrogens with one attached hydrogen (secondary N) is 1. The fourth-order valence-electron chi connectivity index (χ4n) is 3.13. The molecule has 3 rings (SSSR count). The van der Waals surface area contributed by atoms with Gasteiger partial charge in [-0.3, -0.25) is 4.79 Å². The van der Waals surface area contributed by atoms with E-state index in [1.807, 2.05) is 39.0 Å². The quantitative estimate of drug-likeness (QED) is 0.578. The third kappa shape index (κ3) is 4.70. The van der Waals surface area contributed by atoms with E-state index in [0.29, 0.717) is 5.02 Å². The molecule has 4 nitrogen and oxygen atoms in total. The summed E-state index contributed by atoms with van der Waals surface area (Å²) in [5.74, 6) is -2.93. The number of hydrogen-bond donors (Lipinski definition) is 1. The molecule has 1 aromatic heterocycles. The Kier molecular flexibility index (Phi) is 6.27. The number of hydrogen-bond acceptors (Lipinski definition) is 2. The molecular weight excluding hydrogens is 408 g/mol. The number of benzene rings is 2. The highest BCUT2D eigenvalue weighted by Crippen LogP contribution is 2.26. The molecule has 0 aliphatic rings. The second-order valence-electron chi connectivity index (χ2n) is 8.24. The average Bonchev–Trinajstić information content (AvgIpc) is 3.10. The molecule has 0 spiro atoms. The van der Waals surface area contributed by atoms with Crippen molar-refractivity contribution >= 4 is 17.5 Å². The van der Waals surface area contributed by atoms with Crippen LogP contribution in [0.25, 0.3) is 5.69 Å². The van der Waals surface area contributed by atoms with Crippen LogP contribution >= 0.6 is 11.6 Å². The second kappa shape index (κ2) is 8.56. The summed E-state index contributed by atoms with van der Waals surface area (Å²) in [6.07, 6.45) is 0. The molecule has 0 saturated carbocycles. The molecule has 7 heteroatoms. The Morgan fingerprint density at radius 3 is 2.37 bits per heavy atom. The molecule has 0 aliphatic carbocycles. The molecule has 0 fully saturated rings. The van der Waals surface area contributed by atoms with E-state index in [2.05, 4.69) is 10.4 Å². The summed E-state index contributed by atoms with van der Waals surface area (Å²) in [5.41, 5.74) is 1.90. The highest BCUT2D eigenvalue weighted by molar-refractivity contribution is 6.30. The average molecular weight is 432 g/mol. The van der Waals surface area contributed by atoms with Crippen LogP contribution in [-0.4, -0.2) is 15.7 Å². The first kappa shape index (κ1) is 22.0. The van der Waals surface area contributed by atoms with E-state index >= 15 is 0 Å². The molecule has 0 aliphatic heterocycles. The third-order valence-corrected chi connectivity index (χ3v) is 5.11.